The van der Waals surface area contributed by atoms with Gasteiger partial charge in [-0.2, -0.15) is 0 Å². The Kier molecular flexibility index (Phi) is 6.05. The zero-order chi connectivity index (χ0) is 26.2. The first-order valence-corrected chi connectivity index (χ1v) is 14.3. The van der Waals surface area contributed by atoms with Crippen molar-refractivity contribution in [2.45, 2.75) is 95.4 Å². The summed E-state index contributed by atoms with van der Waals surface area (Å²) in [5, 5.41) is 35.3. The largest absolute Gasteiger partial charge is 0.465 e. The molecular weight excluding hydrogens is 472 g/mol. The minimum absolute atomic E-state index is 0.0940. The van der Waals surface area contributed by atoms with Crippen LogP contribution in [0.5, 0.6) is 0 Å². The third kappa shape index (κ3) is 3.73. The van der Waals surface area contributed by atoms with Crippen molar-refractivity contribution in [3.63, 3.8) is 0 Å². The standard InChI is InChI=1S/C29H42N2O6/c1-27-10-7-17(23-14-30-24(32)15-31(23)26(34)35)13-19(27)4-5-22-21(27)8-11-28(2)20(9-12-29(22,28)36)18-3-6-25(33)37-16-18/h3,6,16-17,19-24,30,32,36H,4-5,7-15H2,1-2H3,(H,34,35)/t17?,19?,20-,21+,22-,23?,24+,27-,28-,29+/m1/s1. The van der Waals surface area contributed by atoms with Crippen molar-refractivity contribution in [2.75, 3.05) is 13.1 Å². The van der Waals surface area contributed by atoms with Gasteiger partial charge in [0.1, 0.15) is 6.23 Å². The average Bonchev–Trinajstić information content (AvgIpc) is 3.15. The molecule has 1 aromatic heterocycles. The maximum Gasteiger partial charge on any atom is 0.407 e. The van der Waals surface area contributed by atoms with Crippen LogP contribution in [0.4, 0.5) is 4.79 Å². The Morgan fingerprint density at radius 3 is 2.62 bits per heavy atom. The molecule has 8 nitrogen and oxygen atoms in total. The lowest BCUT2D eigenvalue weighted by atomic mass is 9.42. The Balaban J connectivity index is 1.22. The van der Waals surface area contributed by atoms with Gasteiger partial charge in [-0.15, -0.1) is 0 Å². The molecule has 4 saturated carbocycles. The van der Waals surface area contributed by atoms with Gasteiger partial charge in [0.25, 0.3) is 0 Å². The van der Waals surface area contributed by atoms with Gasteiger partial charge in [-0.3, -0.25) is 10.2 Å². The van der Waals surface area contributed by atoms with Crippen LogP contribution < -0.4 is 10.9 Å². The van der Waals surface area contributed by atoms with Gasteiger partial charge in [-0.1, -0.05) is 13.8 Å². The topological polar surface area (TPSA) is 123 Å². The smallest absolute Gasteiger partial charge is 0.407 e. The second kappa shape index (κ2) is 8.82. The quantitative estimate of drug-likeness (QED) is 0.474. The van der Waals surface area contributed by atoms with E-state index in [1.54, 1.807) is 6.26 Å². The highest BCUT2D eigenvalue weighted by atomic mass is 16.4. The van der Waals surface area contributed by atoms with Crippen LogP contribution in [0.2, 0.25) is 0 Å². The number of nitrogens with zero attached hydrogens (tertiary/aromatic N) is 1. The molecule has 0 aromatic carbocycles. The second-order valence-electron chi connectivity index (χ2n) is 13.3. The molecule has 1 saturated heterocycles. The van der Waals surface area contributed by atoms with Gasteiger partial charge >= 0.3 is 11.7 Å². The molecule has 4 N–H and O–H groups in total. The van der Waals surface area contributed by atoms with E-state index in [4.69, 9.17) is 4.42 Å². The van der Waals surface area contributed by atoms with Gasteiger partial charge in [-0.05, 0) is 104 Å². The van der Waals surface area contributed by atoms with Crippen LogP contribution in [0.15, 0.2) is 27.6 Å². The molecule has 1 aliphatic heterocycles. The van der Waals surface area contributed by atoms with E-state index < -0.39 is 17.9 Å². The first-order valence-electron chi connectivity index (χ1n) is 14.3. The van der Waals surface area contributed by atoms with Gasteiger partial charge in [-0.25, -0.2) is 9.59 Å². The third-order valence-electron chi connectivity index (χ3n) is 12.1. The van der Waals surface area contributed by atoms with Crippen LogP contribution in [-0.4, -0.2) is 57.3 Å². The third-order valence-corrected chi connectivity index (χ3v) is 12.1. The predicted molar refractivity (Wildman–Crippen MR) is 137 cm³/mol. The first-order chi connectivity index (χ1) is 17.6. The highest BCUT2D eigenvalue weighted by molar-refractivity contribution is 5.65. The summed E-state index contributed by atoms with van der Waals surface area (Å²) in [5.74, 6) is 1.77. The Bertz CT molecular complexity index is 1090. The van der Waals surface area contributed by atoms with E-state index in [9.17, 15) is 24.9 Å². The van der Waals surface area contributed by atoms with Crippen LogP contribution in [0.3, 0.4) is 0 Å². The summed E-state index contributed by atoms with van der Waals surface area (Å²) < 4.78 is 5.21. The molecule has 6 rings (SSSR count). The molecule has 10 atom stereocenters. The SMILES string of the molecule is C[C@@]12CCC(C3CN[C@@H](O)CN3C(=O)O)CC1CC[C@@H]1[C@@H]2CC[C@]2(C)[C@@H](c3ccc(=O)oc3)CC[C@]12O. The van der Waals surface area contributed by atoms with E-state index in [1.165, 1.54) is 11.0 Å². The fourth-order valence-corrected chi connectivity index (χ4v) is 10.1. The minimum atomic E-state index is -0.940. The lowest BCUT2D eigenvalue weighted by molar-refractivity contribution is -0.204. The Hall–Kier alpha value is -1.90. The van der Waals surface area contributed by atoms with Crippen LogP contribution in [0.1, 0.15) is 83.1 Å². The van der Waals surface area contributed by atoms with Crippen molar-refractivity contribution >= 4 is 6.09 Å². The number of β-amino-alcohol motifs (C(OH)–C–C–N with tert-alkyl or cyclic N) is 1. The Morgan fingerprint density at radius 1 is 1.08 bits per heavy atom. The van der Waals surface area contributed by atoms with E-state index in [0.717, 1.165) is 63.4 Å². The number of fused-ring (bicyclic) bond motifs is 5. The summed E-state index contributed by atoms with van der Waals surface area (Å²) >= 11 is 0. The van der Waals surface area contributed by atoms with Crippen molar-refractivity contribution in [2.24, 2.45) is 34.5 Å². The summed E-state index contributed by atoms with van der Waals surface area (Å²) in [5.41, 5.74) is -0.0922. The van der Waals surface area contributed by atoms with Crippen molar-refractivity contribution in [3.05, 3.63) is 34.4 Å². The number of amides is 1. The van der Waals surface area contributed by atoms with Gasteiger partial charge in [0, 0.05) is 18.0 Å². The van der Waals surface area contributed by atoms with Crippen molar-refractivity contribution < 1.29 is 24.5 Å². The number of piperazine rings is 1. The first kappa shape index (κ1) is 25.4. The number of aliphatic hydroxyl groups excluding tert-OH is 1. The van der Waals surface area contributed by atoms with Gasteiger partial charge in [0.15, 0.2) is 0 Å². The van der Waals surface area contributed by atoms with Gasteiger partial charge < -0.3 is 19.7 Å². The number of aliphatic hydroxyl groups is 2. The maximum absolute atomic E-state index is 12.4. The van der Waals surface area contributed by atoms with Crippen molar-refractivity contribution in [3.8, 4) is 0 Å². The molecule has 204 valence electrons. The molecule has 1 amide bonds. The number of hydrogen-bond donors (Lipinski definition) is 4. The molecule has 2 heterocycles. The molecule has 0 radical (unpaired) electrons. The number of carbonyl (C=O) groups is 1. The summed E-state index contributed by atoms with van der Waals surface area (Å²) in [7, 11) is 0. The molecule has 5 fully saturated rings. The van der Waals surface area contributed by atoms with Crippen LogP contribution in [0, 0.1) is 34.5 Å². The zero-order valence-corrected chi connectivity index (χ0v) is 22.1. The number of nitrogens with one attached hydrogen (secondary N) is 1. The molecule has 4 aliphatic carbocycles. The fraction of sp³-hybridized carbons (Fsp3) is 0.793. The molecule has 3 unspecified atom stereocenters. The maximum atomic E-state index is 12.4. The lowest BCUT2D eigenvalue weighted by Crippen LogP contribution is -2.63. The van der Waals surface area contributed by atoms with E-state index in [-0.39, 0.29) is 40.9 Å². The van der Waals surface area contributed by atoms with Crippen molar-refractivity contribution in [1.82, 2.24) is 10.2 Å². The average molecular weight is 515 g/mol. The normalized spacial score (nSPS) is 47.6. The molecule has 8 heteroatoms. The summed E-state index contributed by atoms with van der Waals surface area (Å²) in [6.07, 6.45) is 8.82. The molecule has 0 bridgehead atoms. The van der Waals surface area contributed by atoms with E-state index in [2.05, 4.69) is 19.2 Å². The Morgan fingerprint density at radius 2 is 1.89 bits per heavy atom. The molecule has 37 heavy (non-hydrogen) atoms. The van der Waals surface area contributed by atoms with E-state index in [0.29, 0.717) is 24.3 Å². The summed E-state index contributed by atoms with van der Waals surface area (Å²) in [4.78, 5) is 24.9. The van der Waals surface area contributed by atoms with Crippen molar-refractivity contribution in [1.29, 1.82) is 0 Å². The molecule has 5 aliphatic rings. The summed E-state index contributed by atoms with van der Waals surface area (Å²) in [6, 6.07) is 3.29. The van der Waals surface area contributed by atoms with E-state index in [1.807, 2.05) is 6.07 Å². The highest BCUT2D eigenvalue weighted by Crippen LogP contribution is 2.70. The zero-order valence-electron chi connectivity index (χ0n) is 22.1. The lowest BCUT2D eigenvalue weighted by Gasteiger charge is -2.64. The molecular formula is C29H42N2O6. The minimum Gasteiger partial charge on any atom is -0.465 e. The van der Waals surface area contributed by atoms with Gasteiger partial charge in [0.2, 0.25) is 0 Å². The monoisotopic (exact) mass is 514 g/mol. The number of rotatable bonds is 2. The second-order valence-corrected chi connectivity index (χ2v) is 13.3. The Labute approximate surface area is 218 Å². The van der Waals surface area contributed by atoms with Crippen LogP contribution in [-0.2, 0) is 0 Å². The highest BCUT2D eigenvalue weighted by Gasteiger charge is 2.67. The summed E-state index contributed by atoms with van der Waals surface area (Å²) in [6.45, 7) is 5.35. The van der Waals surface area contributed by atoms with Gasteiger partial charge in [0.05, 0.1) is 24.5 Å². The van der Waals surface area contributed by atoms with Crippen LogP contribution in [0.25, 0.3) is 0 Å². The number of carboxylic acid groups (broad SMARTS) is 1. The molecule has 1 aromatic rings. The fourth-order valence-electron chi connectivity index (χ4n) is 10.1. The predicted octanol–water partition coefficient (Wildman–Crippen LogP) is 3.77. The molecule has 0 spiro atoms. The van der Waals surface area contributed by atoms with E-state index >= 15 is 0 Å². The van der Waals surface area contributed by atoms with Crippen LogP contribution >= 0.6 is 0 Å². The number of hydrogen-bond acceptors (Lipinski definition) is 6.